The molecule has 1 N–H and O–H groups in total. The summed E-state index contributed by atoms with van der Waals surface area (Å²) in [5.41, 5.74) is 0.551. The summed E-state index contributed by atoms with van der Waals surface area (Å²) in [6.45, 7) is 2.31. The molecule has 2 fully saturated rings. The lowest BCUT2D eigenvalue weighted by Gasteiger charge is -2.42. The van der Waals surface area contributed by atoms with Gasteiger partial charge in [0.1, 0.15) is 0 Å². The molecule has 1 spiro atoms. The summed E-state index contributed by atoms with van der Waals surface area (Å²) in [6, 6.07) is 0. The molecule has 0 radical (unpaired) electrons. The van der Waals surface area contributed by atoms with Gasteiger partial charge in [-0.3, -0.25) is 4.79 Å². The van der Waals surface area contributed by atoms with Gasteiger partial charge in [-0.25, -0.2) is 0 Å². The topological polar surface area (TPSA) is 38.3 Å². The molecule has 0 amide bonds. The molecular formula is C12H22ClNO2. The van der Waals surface area contributed by atoms with Crippen molar-refractivity contribution in [3.05, 3.63) is 0 Å². The molecule has 0 bridgehead atoms. The molecule has 16 heavy (non-hydrogen) atoms. The SMILES string of the molecule is COC(=O)C1CCC2(CCNCC2)CC1.Cl. The highest BCUT2D eigenvalue weighted by Crippen LogP contribution is 2.45. The number of hydrogen-bond donors (Lipinski definition) is 1. The number of ether oxygens (including phenoxy) is 1. The van der Waals surface area contributed by atoms with Crippen LogP contribution in [0.5, 0.6) is 0 Å². The lowest BCUT2D eigenvalue weighted by molar-refractivity contribution is -0.147. The first kappa shape index (κ1) is 13.8. The Balaban J connectivity index is 0.00000128. The van der Waals surface area contributed by atoms with Crippen molar-refractivity contribution in [2.45, 2.75) is 38.5 Å². The third kappa shape index (κ3) is 2.89. The van der Waals surface area contributed by atoms with Crippen molar-refractivity contribution in [1.82, 2.24) is 5.32 Å². The normalized spacial score (nSPS) is 24.8. The number of rotatable bonds is 1. The minimum atomic E-state index is -0.00113. The van der Waals surface area contributed by atoms with Crippen molar-refractivity contribution < 1.29 is 9.53 Å². The quantitative estimate of drug-likeness (QED) is 0.722. The first-order chi connectivity index (χ1) is 7.26. The summed E-state index contributed by atoms with van der Waals surface area (Å²) in [6.07, 6.45) is 7.09. The van der Waals surface area contributed by atoms with Gasteiger partial charge in [0.2, 0.25) is 0 Å². The lowest BCUT2D eigenvalue weighted by Crippen LogP contribution is -2.40. The van der Waals surface area contributed by atoms with Gasteiger partial charge in [-0.15, -0.1) is 12.4 Å². The smallest absolute Gasteiger partial charge is 0.308 e. The average Bonchev–Trinajstić information content (AvgIpc) is 2.30. The van der Waals surface area contributed by atoms with Gasteiger partial charge in [-0.1, -0.05) is 0 Å². The molecule has 1 aliphatic heterocycles. The summed E-state index contributed by atoms with van der Waals surface area (Å²) in [5, 5.41) is 3.41. The van der Waals surface area contributed by atoms with E-state index in [1.807, 2.05) is 0 Å². The molecule has 1 aliphatic carbocycles. The van der Waals surface area contributed by atoms with Crippen LogP contribution in [0.1, 0.15) is 38.5 Å². The number of hydrogen-bond acceptors (Lipinski definition) is 3. The van der Waals surface area contributed by atoms with E-state index in [9.17, 15) is 4.79 Å². The number of carbonyl (C=O) groups excluding carboxylic acids is 1. The van der Waals surface area contributed by atoms with Crippen LogP contribution in [0.15, 0.2) is 0 Å². The maximum Gasteiger partial charge on any atom is 0.308 e. The summed E-state index contributed by atoms with van der Waals surface area (Å²) >= 11 is 0. The fourth-order valence-corrected chi connectivity index (χ4v) is 3.09. The van der Waals surface area contributed by atoms with Crippen molar-refractivity contribution in [2.24, 2.45) is 11.3 Å². The number of methoxy groups -OCH3 is 1. The molecule has 1 saturated carbocycles. The van der Waals surface area contributed by atoms with Crippen LogP contribution in [0.2, 0.25) is 0 Å². The zero-order valence-electron chi connectivity index (χ0n) is 9.96. The zero-order valence-corrected chi connectivity index (χ0v) is 10.8. The van der Waals surface area contributed by atoms with Gasteiger partial charge in [0.05, 0.1) is 13.0 Å². The van der Waals surface area contributed by atoms with E-state index >= 15 is 0 Å². The van der Waals surface area contributed by atoms with Crippen LogP contribution < -0.4 is 5.32 Å². The van der Waals surface area contributed by atoms with E-state index in [1.165, 1.54) is 32.8 Å². The number of carbonyl (C=O) groups is 1. The van der Waals surface area contributed by atoms with E-state index in [2.05, 4.69) is 5.32 Å². The van der Waals surface area contributed by atoms with Crippen LogP contribution in [0.4, 0.5) is 0 Å². The predicted molar refractivity (Wildman–Crippen MR) is 65.8 cm³/mol. The fourth-order valence-electron chi connectivity index (χ4n) is 3.09. The Hall–Kier alpha value is -0.280. The van der Waals surface area contributed by atoms with E-state index < -0.39 is 0 Å². The van der Waals surface area contributed by atoms with Crippen molar-refractivity contribution in [3.63, 3.8) is 0 Å². The first-order valence-electron chi connectivity index (χ1n) is 6.04. The largest absolute Gasteiger partial charge is 0.469 e. The second-order valence-corrected chi connectivity index (χ2v) is 5.05. The van der Waals surface area contributed by atoms with Crippen molar-refractivity contribution >= 4 is 18.4 Å². The van der Waals surface area contributed by atoms with Crippen LogP contribution >= 0.6 is 12.4 Å². The molecule has 0 unspecified atom stereocenters. The summed E-state index contributed by atoms with van der Waals surface area (Å²) in [4.78, 5) is 11.4. The second-order valence-electron chi connectivity index (χ2n) is 5.05. The third-order valence-electron chi connectivity index (χ3n) is 4.24. The predicted octanol–water partition coefficient (Wildman–Crippen LogP) is 2.14. The Morgan fingerprint density at radius 2 is 1.75 bits per heavy atom. The molecular weight excluding hydrogens is 226 g/mol. The fraction of sp³-hybridized carbons (Fsp3) is 0.917. The summed E-state index contributed by atoms with van der Waals surface area (Å²) in [7, 11) is 1.50. The molecule has 1 saturated heterocycles. The van der Waals surface area contributed by atoms with Gasteiger partial charge in [-0.2, -0.15) is 0 Å². The molecule has 3 nitrogen and oxygen atoms in total. The molecule has 0 aromatic rings. The minimum Gasteiger partial charge on any atom is -0.469 e. The number of halogens is 1. The highest BCUT2D eigenvalue weighted by atomic mass is 35.5. The van der Waals surface area contributed by atoms with Gasteiger partial charge in [0.15, 0.2) is 0 Å². The Kier molecular flexibility index (Phi) is 5.06. The van der Waals surface area contributed by atoms with Crippen molar-refractivity contribution in [3.8, 4) is 0 Å². The molecule has 4 heteroatoms. The summed E-state index contributed by atoms with van der Waals surface area (Å²) in [5.74, 6) is 0.175. The Morgan fingerprint density at radius 3 is 2.25 bits per heavy atom. The van der Waals surface area contributed by atoms with Gasteiger partial charge in [0, 0.05) is 0 Å². The summed E-state index contributed by atoms with van der Waals surface area (Å²) < 4.78 is 4.81. The molecule has 0 aromatic carbocycles. The van der Waals surface area contributed by atoms with E-state index in [4.69, 9.17) is 4.74 Å². The minimum absolute atomic E-state index is 0. The van der Waals surface area contributed by atoms with Gasteiger partial charge < -0.3 is 10.1 Å². The monoisotopic (exact) mass is 247 g/mol. The van der Waals surface area contributed by atoms with E-state index in [0.717, 1.165) is 25.9 Å². The first-order valence-corrected chi connectivity index (χ1v) is 6.04. The molecule has 0 atom stereocenters. The van der Waals surface area contributed by atoms with Crippen molar-refractivity contribution in [2.75, 3.05) is 20.2 Å². The number of esters is 1. The van der Waals surface area contributed by atoms with Gasteiger partial charge in [-0.05, 0) is 57.0 Å². The molecule has 2 rings (SSSR count). The number of piperidine rings is 1. The number of nitrogens with one attached hydrogen (secondary N) is 1. The van der Waals surface area contributed by atoms with Gasteiger partial charge >= 0.3 is 5.97 Å². The Morgan fingerprint density at radius 1 is 1.19 bits per heavy atom. The lowest BCUT2D eigenvalue weighted by atomic mass is 9.66. The van der Waals surface area contributed by atoms with Crippen LogP contribution in [-0.4, -0.2) is 26.2 Å². The Labute approximate surface area is 104 Å². The zero-order chi connectivity index (χ0) is 10.7. The Bertz CT molecular complexity index is 229. The standard InChI is InChI=1S/C12H21NO2.ClH/c1-15-11(14)10-2-4-12(5-3-10)6-8-13-9-7-12;/h10,13H,2-9H2,1H3;1H. The molecule has 0 aromatic heterocycles. The molecule has 94 valence electrons. The van der Waals surface area contributed by atoms with Crippen LogP contribution in [0.25, 0.3) is 0 Å². The highest BCUT2D eigenvalue weighted by Gasteiger charge is 2.38. The molecule has 1 heterocycles. The van der Waals surface area contributed by atoms with Gasteiger partial charge in [0.25, 0.3) is 0 Å². The maximum absolute atomic E-state index is 11.4. The van der Waals surface area contributed by atoms with Crippen LogP contribution in [-0.2, 0) is 9.53 Å². The van der Waals surface area contributed by atoms with Crippen LogP contribution in [0.3, 0.4) is 0 Å². The highest BCUT2D eigenvalue weighted by molar-refractivity contribution is 5.85. The average molecular weight is 248 g/mol. The molecule has 2 aliphatic rings. The van der Waals surface area contributed by atoms with E-state index in [1.54, 1.807) is 0 Å². The van der Waals surface area contributed by atoms with Crippen molar-refractivity contribution in [1.29, 1.82) is 0 Å². The maximum atomic E-state index is 11.4. The second kappa shape index (κ2) is 5.87. The van der Waals surface area contributed by atoms with E-state index in [-0.39, 0.29) is 24.3 Å². The van der Waals surface area contributed by atoms with Crippen LogP contribution in [0, 0.1) is 11.3 Å². The third-order valence-corrected chi connectivity index (χ3v) is 4.24. The van der Waals surface area contributed by atoms with E-state index in [0.29, 0.717) is 5.41 Å².